The molecule has 0 saturated carbocycles. The van der Waals surface area contributed by atoms with Crippen molar-refractivity contribution >= 4 is 26.6 Å². The molecular weight excluding hydrogens is 284 g/mol. The molecule has 1 fully saturated rings. The smallest absolute Gasteiger partial charge is 0.308 e. The largest absolute Gasteiger partial charge is 0.436 e. The summed E-state index contributed by atoms with van der Waals surface area (Å²) in [6.45, 7) is 5.70. The molecule has 1 heterocycles. The minimum Gasteiger partial charge on any atom is -0.436 e. The number of carbonyl (C=O) groups excluding carboxylic acids is 1. The quantitative estimate of drug-likeness (QED) is 0.313. The van der Waals surface area contributed by atoms with E-state index in [1.807, 2.05) is 13.8 Å². The summed E-state index contributed by atoms with van der Waals surface area (Å²) in [5.74, 6) is 0.616. The minimum absolute atomic E-state index is 0.206. The standard InChI is InChI=1S/C11H20O4S2.C2H6/c1-9(14-2)15-11(12)6-4-3-5-10-7-8-17(13)16-10;1-2/h9-10H,3-8H2,1-2H3;1-2H3. The summed E-state index contributed by atoms with van der Waals surface area (Å²) in [5.41, 5.74) is 0. The number of unbranched alkanes of at least 4 members (excludes halogenated alkanes) is 1. The topological polar surface area (TPSA) is 52.6 Å². The number of ether oxygens (including phenoxy) is 2. The van der Waals surface area contributed by atoms with E-state index in [-0.39, 0.29) is 5.97 Å². The van der Waals surface area contributed by atoms with E-state index in [1.54, 1.807) is 17.7 Å². The maximum atomic E-state index is 11.3. The third kappa shape index (κ3) is 9.46. The van der Waals surface area contributed by atoms with Gasteiger partial charge in [0, 0.05) is 24.5 Å². The molecule has 0 N–H and O–H groups in total. The Bertz CT molecular complexity index is 271. The molecule has 0 aromatic heterocycles. The number of carbonyl (C=O) groups is 1. The summed E-state index contributed by atoms with van der Waals surface area (Å²) in [6, 6.07) is 0. The monoisotopic (exact) mass is 310 g/mol. The van der Waals surface area contributed by atoms with E-state index in [2.05, 4.69) is 0 Å². The van der Waals surface area contributed by atoms with Crippen molar-refractivity contribution in [2.45, 2.75) is 64.4 Å². The van der Waals surface area contributed by atoms with Crippen molar-refractivity contribution < 1.29 is 18.5 Å². The Morgan fingerprint density at radius 3 is 2.63 bits per heavy atom. The van der Waals surface area contributed by atoms with Crippen molar-refractivity contribution in [2.24, 2.45) is 0 Å². The zero-order chi connectivity index (χ0) is 14.7. The SMILES string of the molecule is CC.COC(C)OC(=O)CCCCC1CCS(=O)S1. The predicted molar refractivity (Wildman–Crippen MR) is 81.4 cm³/mol. The molecule has 19 heavy (non-hydrogen) atoms. The molecule has 6 heteroatoms. The molecular formula is C13H26O4S2. The van der Waals surface area contributed by atoms with Gasteiger partial charge in [0.05, 0.1) is 9.83 Å². The minimum atomic E-state index is -0.668. The Labute approximate surface area is 122 Å². The van der Waals surface area contributed by atoms with Crippen LogP contribution in [0.3, 0.4) is 0 Å². The maximum Gasteiger partial charge on any atom is 0.308 e. The first-order valence-electron chi connectivity index (χ1n) is 6.89. The van der Waals surface area contributed by atoms with Gasteiger partial charge in [0.2, 0.25) is 0 Å². The number of rotatable bonds is 7. The van der Waals surface area contributed by atoms with Gasteiger partial charge in [-0.1, -0.05) is 31.1 Å². The number of hydrogen-bond acceptors (Lipinski definition) is 5. The van der Waals surface area contributed by atoms with Crippen LogP contribution >= 0.6 is 10.8 Å². The van der Waals surface area contributed by atoms with Gasteiger partial charge in [0.15, 0.2) is 6.29 Å². The molecule has 3 atom stereocenters. The van der Waals surface area contributed by atoms with Gasteiger partial charge in [-0.3, -0.25) is 4.79 Å². The lowest BCUT2D eigenvalue weighted by atomic mass is 10.1. The van der Waals surface area contributed by atoms with E-state index >= 15 is 0 Å². The molecule has 114 valence electrons. The van der Waals surface area contributed by atoms with Crippen LogP contribution in [-0.4, -0.2) is 34.6 Å². The molecule has 1 saturated heterocycles. The fourth-order valence-electron chi connectivity index (χ4n) is 1.60. The second-order valence-electron chi connectivity index (χ2n) is 4.05. The molecule has 0 aromatic carbocycles. The highest BCUT2D eigenvalue weighted by atomic mass is 33.1. The van der Waals surface area contributed by atoms with Gasteiger partial charge in [-0.2, -0.15) is 0 Å². The molecule has 4 nitrogen and oxygen atoms in total. The first kappa shape index (κ1) is 18.9. The lowest BCUT2D eigenvalue weighted by Gasteiger charge is -2.11. The molecule has 3 unspecified atom stereocenters. The van der Waals surface area contributed by atoms with Crippen molar-refractivity contribution in [1.29, 1.82) is 0 Å². The van der Waals surface area contributed by atoms with Gasteiger partial charge < -0.3 is 9.47 Å². The highest BCUT2D eigenvalue weighted by Crippen LogP contribution is 2.31. The third-order valence-corrected chi connectivity index (χ3v) is 6.12. The Hall–Kier alpha value is -0.0700. The molecule has 1 aliphatic rings. The highest BCUT2D eigenvalue weighted by Gasteiger charge is 2.21. The Morgan fingerprint density at radius 1 is 1.42 bits per heavy atom. The van der Waals surface area contributed by atoms with Crippen molar-refractivity contribution in [3.63, 3.8) is 0 Å². The lowest BCUT2D eigenvalue weighted by Crippen LogP contribution is -2.16. The Morgan fingerprint density at radius 2 is 2.11 bits per heavy atom. The molecule has 0 aromatic rings. The van der Waals surface area contributed by atoms with E-state index in [4.69, 9.17) is 9.47 Å². The van der Waals surface area contributed by atoms with Crippen LogP contribution in [-0.2, 0) is 24.1 Å². The maximum absolute atomic E-state index is 11.3. The average Bonchev–Trinajstić information content (AvgIpc) is 2.82. The van der Waals surface area contributed by atoms with Crippen LogP contribution in [0.4, 0.5) is 0 Å². The zero-order valence-corrected chi connectivity index (χ0v) is 14.0. The van der Waals surface area contributed by atoms with Crippen LogP contribution in [0.15, 0.2) is 0 Å². The molecule has 0 aliphatic carbocycles. The van der Waals surface area contributed by atoms with E-state index in [0.29, 0.717) is 11.7 Å². The van der Waals surface area contributed by atoms with Gasteiger partial charge in [0.1, 0.15) is 0 Å². The van der Waals surface area contributed by atoms with E-state index in [9.17, 15) is 9.00 Å². The summed E-state index contributed by atoms with van der Waals surface area (Å²) in [5, 5.41) is 0.518. The molecule has 1 aliphatic heterocycles. The lowest BCUT2D eigenvalue weighted by molar-refractivity contribution is -0.169. The highest BCUT2D eigenvalue weighted by molar-refractivity contribution is 8.69. The van der Waals surface area contributed by atoms with Crippen LogP contribution in [0, 0.1) is 0 Å². The first-order valence-corrected chi connectivity index (χ1v) is 9.61. The first-order chi connectivity index (χ1) is 9.11. The van der Waals surface area contributed by atoms with Crippen LogP contribution < -0.4 is 0 Å². The van der Waals surface area contributed by atoms with Crippen LogP contribution in [0.1, 0.15) is 52.9 Å². The van der Waals surface area contributed by atoms with Crippen LogP contribution in [0.5, 0.6) is 0 Å². The van der Waals surface area contributed by atoms with Gasteiger partial charge in [-0.15, -0.1) is 0 Å². The molecule has 1 rings (SSSR count). The van der Waals surface area contributed by atoms with Gasteiger partial charge >= 0.3 is 5.97 Å². The number of methoxy groups -OCH3 is 1. The van der Waals surface area contributed by atoms with Crippen molar-refractivity contribution in [2.75, 3.05) is 12.9 Å². The summed E-state index contributed by atoms with van der Waals surface area (Å²) in [4.78, 5) is 11.3. The Kier molecular flexibility index (Phi) is 11.7. The van der Waals surface area contributed by atoms with Gasteiger partial charge in [0.25, 0.3) is 0 Å². The van der Waals surface area contributed by atoms with E-state index < -0.39 is 16.1 Å². The van der Waals surface area contributed by atoms with Crippen LogP contribution in [0.2, 0.25) is 0 Å². The molecule has 0 spiro atoms. The normalized spacial score (nSPS) is 23.4. The Balaban J connectivity index is 0.00000154. The van der Waals surface area contributed by atoms with Crippen molar-refractivity contribution in [3.8, 4) is 0 Å². The van der Waals surface area contributed by atoms with Gasteiger partial charge in [-0.05, 0) is 26.2 Å². The second-order valence-corrected chi connectivity index (χ2v) is 7.62. The third-order valence-electron chi connectivity index (χ3n) is 2.64. The predicted octanol–water partition coefficient (Wildman–Crippen LogP) is 3.28. The van der Waals surface area contributed by atoms with E-state index in [1.165, 1.54) is 7.11 Å². The van der Waals surface area contributed by atoms with Crippen LogP contribution in [0.25, 0.3) is 0 Å². The average molecular weight is 310 g/mol. The second kappa shape index (κ2) is 11.7. The summed E-state index contributed by atoms with van der Waals surface area (Å²) >= 11 is 0. The summed E-state index contributed by atoms with van der Waals surface area (Å²) in [7, 11) is 2.42. The summed E-state index contributed by atoms with van der Waals surface area (Å²) in [6.07, 6.45) is 3.89. The zero-order valence-electron chi connectivity index (χ0n) is 12.3. The fraction of sp³-hybridized carbons (Fsp3) is 0.923. The number of esters is 1. The van der Waals surface area contributed by atoms with E-state index in [0.717, 1.165) is 31.4 Å². The van der Waals surface area contributed by atoms with Crippen molar-refractivity contribution in [3.05, 3.63) is 0 Å². The molecule has 0 amide bonds. The van der Waals surface area contributed by atoms with Crippen molar-refractivity contribution in [1.82, 2.24) is 0 Å². The van der Waals surface area contributed by atoms with Gasteiger partial charge in [-0.25, -0.2) is 4.21 Å². The summed E-state index contributed by atoms with van der Waals surface area (Å²) < 4.78 is 20.9. The molecule has 0 bridgehead atoms. The molecule has 0 radical (unpaired) electrons. The fourth-order valence-corrected chi connectivity index (χ4v) is 5.17. The number of hydrogen-bond donors (Lipinski definition) is 0.